The number of rotatable bonds is 7. The van der Waals surface area contributed by atoms with Gasteiger partial charge in [0.2, 0.25) is 5.91 Å². The van der Waals surface area contributed by atoms with E-state index in [1.165, 1.54) is 16.5 Å². The number of nitrogens with zero attached hydrogens (tertiary/aromatic N) is 1. The van der Waals surface area contributed by atoms with Crippen LogP contribution in [0.3, 0.4) is 0 Å². The molecule has 0 saturated heterocycles. The van der Waals surface area contributed by atoms with E-state index in [-0.39, 0.29) is 5.91 Å². The molecule has 1 aliphatic rings. The first-order valence-corrected chi connectivity index (χ1v) is 10.7. The number of benzene rings is 2. The number of aromatic amines is 1. The van der Waals surface area contributed by atoms with Crippen LogP contribution < -0.4 is 14.8 Å². The predicted octanol–water partition coefficient (Wildman–Crippen LogP) is 4.96. The van der Waals surface area contributed by atoms with E-state index in [9.17, 15) is 4.79 Å². The number of carbonyl (C=O) groups excluding carboxylic acids is 1. The van der Waals surface area contributed by atoms with E-state index < -0.39 is 0 Å². The summed E-state index contributed by atoms with van der Waals surface area (Å²) in [6.45, 7) is 2.43. The highest BCUT2D eigenvalue weighted by molar-refractivity contribution is 6.31. The van der Waals surface area contributed by atoms with Crippen LogP contribution in [-0.2, 0) is 4.79 Å². The van der Waals surface area contributed by atoms with Crippen molar-refractivity contribution in [2.45, 2.75) is 12.8 Å². The summed E-state index contributed by atoms with van der Waals surface area (Å²) in [6, 6.07) is 11.3. The van der Waals surface area contributed by atoms with Gasteiger partial charge in [-0.05, 0) is 48.4 Å². The summed E-state index contributed by atoms with van der Waals surface area (Å²) in [6.07, 6.45) is 5.66. The lowest BCUT2D eigenvalue weighted by Gasteiger charge is -2.26. The van der Waals surface area contributed by atoms with E-state index in [4.69, 9.17) is 21.1 Å². The molecular weight excluding hydrogens is 414 g/mol. The number of methoxy groups -OCH3 is 2. The zero-order chi connectivity index (χ0) is 21.8. The summed E-state index contributed by atoms with van der Waals surface area (Å²) in [5, 5.41) is 4.63. The smallest absolute Gasteiger partial charge is 0.225 e. The van der Waals surface area contributed by atoms with Crippen molar-refractivity contribution in [2.24, 2.45) is 0 Å². The number of amides is 1. The van der Waals surface area contributed by atoms with Crippen molar-refractivity contribution in [3.05, 3.63) is 59.3 Å². The van der Waals surface area contributed by atoms with E-state index in [1.54, 1.807) is 32.4 Å². The Morgan fingerprint density at radius 1 is 1.19 bits per heavy atom. The molecule has 0 aliphatic carbocycles. The fourth-order valence-corrected chi connectivity index (χ4v) is 4.07. The minimum Gasteiger partial charge on any atom is -0.497 e. The minimum atomic E-state index is -0.0564. The van der Waals surface area contributed by atoms with Gasteiger partial charge in [0.15, 0.2) is 0 Å². The van der Waals surface area contributed by atoms with Crippen molar-refractivity contribution < 1.29 is 14.3 Å². The van der Waals surface area contributed by atoms with Gasteiger partial charge in [-0.2, -0.15) is 0 Å². The number of H-pyrrole nitrogens is 1. The number of halogens is 1. The van der Waals surface area contributed by atoms with Crippen LogP contribution >= 0.6 is 11.6 Å². The Labute approximate surface area is 186 Å². The molecule has 1 aliphatic heterocycles. The van der Waals surface area contributed by atoms with Crippen molar-refractivity contribution >= 4 is 39.7 Å². The van der Waals surface area contributed by atoms with E-state index >= 15 is 0 Å². The van der Waals surface area contributed by atoms with Crippen LogP contribution in [0.5, 0.6) is 11.5 Å². The minimum absolute atomic E-state index is 0.0564. The quantitative estimate of drug-likeness (QED) is 0.546. The lowest BCUT2D eigenvalue weighted by Crippen LogP contribution is -2.31. The molecule has 0 atom stereocenters. The molecule has 0 saturated carbocycles. The summed E-state index contributed by atoms with van der Waals surface area (Å²) >= 11 is 6.03. The summed E-state index contributed by atoms with van der Waals surface area (Å²) in [5.74, 6) is 1.39. The van der Waals surface area contributed by atoms with Gasteiger partial charge < -0.3 is 19.8 Å². The lowest BCUT2D eigenvalue weighted by atomic mass is 9.98. The number of aromatic nitrogens is 1. The second-order valence-electron chi connectivity index (χ2n) is 7.54. The number of hydrogen-bond acceptors (Lipinski definition) is 4. The molecule has 7 heteroatoms. The molecule has 6 nitrogen and oxygen atoms in total. The summed E-state index contributed by atoms with van der Waals surface area (Å²) in [7, 11) is 3.25. The molecule has 0 fully saturated rings. The van der Waals surface area contributed by atoms with Crippen LogP contribution in [0.1, 0.15) is 18.4 Å². The van der Waals surface area contributed by atoms with Crippen LogP contribution in [0.15, 0.2) is 48.7 Å². The molecule has 2 N–H and O–H groups in total. The second-order valence-corrected chi connectivity index (χ2v) is 7.97. The van der Waals surface area contributed by atoms with Crippen molar-refractivity contribution in [2.75, 3.05) is 39.2 Å². The molecule has 4 rings (SSSR count). The van der Waals surface area contributed by atoms with Gasteiger partial charge in [0.1, 0.15) is 11.5 Å². The Hall–Kier alpha value is -2.96. The van der Waals surface area contributed by atoms with Gasteiger partial charge in [0, 0.05) is 53.7 Å². The molecule has 0 spiro atoms. The number of hydrogen-bond donors (Lipinski definition) is 2. The van der Waals surface area contributed by atoms with Gasteiger partial charge >= 0.3 is 0 Å². The van der Waals surface area contributed by atoms with Crippen LogP contribution in [0.2, 0.25) is 5.02 Å². The SMILES string of the molecule is COc1ccc2[nH]cc(C3=CCN(CCC(=O)Nc4cc(Cl)ccc4OC)CC3)c2c1. The third kappa shape index (κ3) is 4.86. The average molecular weight is 440 g/mol. The first-order valence-electron chi connectivity index (χ1n) is 10.3. The Morgan fingerprint density at radius 2 is 2.06 bits per heavy atom. The highest BCUT2D eigenvalue weighted by Crippen LogP contribution is 2.32. The number of anilines is 1. The number of fused-ring (bicyclic) bond motifs is 1. The van der Waals surface area contributed by atoms with Crippen LogP contribution in [0.4, 0.5) is 5.69 Å². The maximum atomic E-state index is 12.4. The molecule has 0 unspecified atom stereocenters. The van der Waals surface area contributed by atoms with Gasteiger partial charge in [-0.3, -0.25) is 9.69 Å². The predicted molar refractivity (Wildman–Crippen MR) is 125 cm³/mol. The van der Waals surface area contributed by atoms with Crippen LogP contribution in [0, 0.1) is 0 Å². The maximum absolute atomic E-state index is 12.4. The summed E-state index contributed by atoms with van der Waals surface area (Å²) < 4.78 is 10.7. The zero-order valence-electron chi connectivity index (χ0n) is 17.7. The van der Waals surface area contributed by atoms with Crippen molar-refractivity contribution in [3.63, 3.8) is 0 Å². The first-order chi connectivity index (χ1) is 15.1. The van der Waals surface area contributed by atoms with Gasteiger partial charge in [-0.15, -0.1) is 0 Å². The van der Waals surface area contributed by atoms with Crippen molar-refractivity contribution in [3.8, 4) is 11.5 Å². The van der Waals surface area contributed by atoms with Crippen LogP contribution in [-0.4, -0.2) is 49.6 Å². The molecule has 2 heterocycles. The Bertz CT molecular complexity index is 1120. The van der Waals surface area contributed by atoms with Crippen molar-refractivity contribution in [1.29, 1.82) is 0 Å². The number of nitrogens with one attached hydrogen (secondary N) is 2. The van der Waals surface area contributed by atoms with E-state index in [1.807, 2.05) is 12.1 Å². The molecule has 0 radical (unpaired) electrons. The third-order valence-corrected chi connectivity index (χ3v) is 5.85. The van der Waals surface area contributed by atoms with E-state index in [0.717, 1.165) is 30.8 Å². The monoisotopic (exact) mass is 439 g/mol. The standard InChI is InChI=1S/C24H26ClN3O3/c1-30-18-4-5-21-19(14-18)20(15-26-21)16-7-10-28(11-8-16)12-9-24(29)27-22-13-17(25)3-6-23(22)31-2/h3-7,13-15,26H,8-12H2,1-2H3,(H,27,29). The Morgan fingerprint density at radius 3 is 2.81 bits per heavy atom. The average Bonchev–Trinajstić information content (AvgIpc) is 3.21. The molecule has 162 valence electrons. The normalized spacial score (nSPS) is 14.4. The highest BCUT2D eigenvalue weighted by Gasteiger charge is 2.17. The highest BCUT2D eigenvalue weighted by atomic mass is 35.5. The largest absolute Gasteiger partial charge is 0.497 e. The Balaban J connectivity index is 1.35. The third-order valence-electron chi connectivity index (χ3n) is 5.62. The molecule has 1 aromatic heterocycles. The van der Waals surface area contributed by atoms with Gasteiger partial charge in [-0.1, -0.05) is 17.7 Å². The molecular formula is C24H26ClN3O3. The zero-order valence-corrected chi connectivity index (χ0v) is 18.5. The fourth-order valence-electron chi connectivity index (χ4n) is 3.90. The Kier molecular flexibility index (Phi) is 6.49. The molecule has 0 bridgehead atoms. The molecule has 2 aromatic carbocycles. The van der Waals surface area contributed by atoms with Crippen LogP contribution in [0.25, 0.3) is 16.5 Å². The van der Waals surface area contributed by atoms with E-state index in [0.29, 0.717) is 29.4 Å². The topological polar surface area (TPSA) is 66.6 Å². The number of carbonyl (C=O) groups is 1. The fraction of sp³-hybridized carbons (Fsp3) is 0.292. The van der Waals surface area contributed by atoms with Gasteiger partial charge in [0.25, 0.3) is 0 Å². The van der Waals surface area contributed by atoms with Crippen molar-refractivity contribution in [1.82, 2.24) is 9.88 Å². The summed E-state index contributed by atoms with van der Waals surface area (Å²) in [4.78, 5) is 18.1. The first kappa shape index (κ1) is 21.3. The maximum Gasteiger partial charge on any atom is 0.225 e. The van der Waals surface area contributed by atoms with Gasteiger partial charge in [-0.25, -0.2) is 0 Å². The molecule has 3 aromatic rings. The second kappa shape index (κ2) is 9.45. The summed E-state index contributed by atoms with van der Waals surface area (Å²) in [5.41, 5.74) is 4.24. The number of ether oxygens (including phenoxy) is 2. The lowest BCUT2D eigenvalue weighted by molar-refractivity contribution is -0.116. The molecule has 1 amide bonds. The van der Waals surface area contributed by atoms with E-state index in [2.05, 4.69) is 33.5 Å². The molecule has 31 heavy (non-hydrogen) atoms. The van der Waals surface area contributed by atoms with Gasteiger partial charge in [0.05, 0.1) is 19.9 Å².